The number of carbonyl (C=O) groups excluding carboxylic acids is 1. The van der Waals surface area contributed by atoms with E-state index in [1.807, 2.05) is 0 Å². The molecule has 0 aliphatic heterocycles. The van der Waals surface area contributed by atoms with Gasteiger partial charge in [-0.05, 0) is 26.1 Å². The van der Waals surface area contributed by atoms with Gasteiger partial charge in [0.25, 0.3) is 0 Å². The zero-order valence-electron chi connectivity index (χ0n) is 10.7. The second-order valence-electron chi connectivity index (χ2n) is 4.31. The fourth-order valence-corrected chi connectivity index (χ4v) is 1.36. The molecule has 8 heteroatoms. The third kappa shape index (κ3) is 4.62. The second kappa shape index (κ2) is 6.70. The van der Waals surface area contributed by atoms with Crippen molar-refractivity contribution < 1.29 is 23.3 Å². The third-order valence-corrected chi connectivity index (χ3v) is 2.81. The zero-order chi connectivity index (χ0) is 14.4. The number of ether oxygens (including phenoxy) is 1. The smallest absolute Gasteiger partial charge is 0.482 e. The Morgan fingerprint density at radius 3 is 2.56 bits per heavy atom. The lowest BCUT2D eigenvalue weighted by Gasteiger charge is -2.40. The summed E-state index contributed by atoms with van der Waals surface area (Å²) in [6.45, 7) is 1.45. The summed E-state index contributed by atoms with van der Waals surface area (Å²) in [6, 6.07) is 0. The van der Waals surface area contributed by atoms with Crippen LogP contribution in [-0.2, 0) is 9.53 Å². The van der Waals surface area contributed by atoms with E-state index in [1.165, 1.54) is 6.92 Å². The number of halogens is 2. The van der Waals surface area contributed by atoms with Crippen LogP contribution in [0.25, 0.3) is 0 Å². The van der Waals surface area contributed by atoms with E-state index in [0.29, 0.717) is 11.2 Å². The minimum atomic E-state index is -4.24. The summed E-state index contributed by atoms with van der Waals surface area (Å²) in [6.07, 6.45) is 1.21. The van der Waals surface area contributed by atoms with Crippen molar-refractivity contribution in [2.45, 2.75) is 20.3 Å². The van der Waals surface area contributed by atoms with Crippen LogP contribution < -0.4 is 5.64 Å². The lowest BCUT2D eigenvalue weighted by Crippen LogP contribution is -2.56. The van der Waals surface area contributed by atoms with Crippen LogP contribution >= 0.6 is 0 Å². The maximum Gasteiger partial charge on any atom is 0.489 e. The molecule has 0 aromatic heterocycles. The number of hydrogen-bond acceptors (Lipinski definition) is 5. The van der Waals surface area contributed by atoms with Gasteiger partial charge in [-0.3, -0.25) is 4.79 Å². The lowest BCUT2D eigenvalue weighted by molar-refractivity contribution is -0.156. The molecular weight excluding hydrogens is 245 g/mol. The summed E-state index contributed by atoms with van der Waals surface area (Å²) in [5.74, 6) is -0.647. The van der Waals surface area contributed by atoms with E-state index >= 15 is 0 Å². The number of carbonyl (C=O) groups is 1. The van der Waals surface area contributed by atoms with E-state index in [9.17, 15) is 13.4 Å². The van der Waals surface area contributed by atoms with Crippen LogP contribution in [0.15, 0.2) is 12.8 Å². The maximum absolute atomic E-state index is 13.1. The normalized spacial score (nSPS) is 14.8. The molecule has 0 rings (SSSR count). The Hall–Kier alpha value is -1.15. The molecule has 1 atom stereocenters. The summed E-state index contributed by atoms with van der Waals surface area (Å²) in [5.41, 5.74) is 3.61. The van der Waals surface area contributed by atoms with Gasteiger partial charge in [0.1, 0.15) is 6.61 Å². The number of nitrogens with two attached hydrogens (primary N) is 1. The molecule has 0 aliphatic carbocycles. The summed E-state index contributed by atoms with van der Waals surface area (Å²) >= 11 is 0. The molecule has 0 saturated carbocycles. The monoisotopic (exact) mass is 265 g/mol. The molecule has 0 aliphatic rings. The number of hydrogen-bond donors (Lipinski definition) is 2. The highest BCUT2D eigenvalue weighted by atomic mass is 19.2. The van der Waals surface area contributed by atoms with E-state index in [4.69, 9.17) is 15.5 Å². The molecule has 0 amide bonds. The van der Waals surface area contributed by atoms with Crippen molar-refractivity contribution in [3.63, 3.8) is 0 Å². The number of aliphatic hydroxyl groups excluding tert-OH is 1. The second-order valence-corrected chi connectivity index (χ2v) is 4.31. The minimum Gasteiger partial charge on any atom is -0.482 e. The Kier molecular flexibility index (Phi) is 6.27. The van der Waals surface area contributed by atoms with Crippen molar-refractivity contribution in [1.29, 1.82) is 0 Å². The lowest BCUT2D eigenvalue weighted by atomic mass is 9.83. The van der Waals surface area contributed by atoms with Gasteiger partial charge in [-0.15, -0.1) is 0 Å². The van der Waals surface area contributed by atoms with Crippen LogP contribution in [-0.4, -0.2) is 42.6 Å². The fraction of sp³-hybridized carbons (Fsp3) is 0.700. The van der Waals surface area contributed by atoms with Crippen molar-refractivity contribution >= 4 is 12.9 Å². The highest BCUT2D eigenvalue weighted by molar-refractivity contribution is 6.59. The predicted octanol–water partition coefficient (Wildman–Crippen LogP) is 0.717. The van der Waals surface area contributed by atoms with Crippen LogP contribution in [0.1, 0.15) is 20.3 Å². The Bertz CT molecular complexity index is 299. The quantitative estimate of drug-likeness (QED) is 0.499. The molecule has 18 heavy (non-hydrogen) atoms. The van der Waals surface area contributed by atoms with Crippen molar-refractivity contribution in [3.05, 3.63) is 12.8 Å². The molecule has 5 nitrogen and oxygen atoms in total. The van der Waals surface area contributed by atoms with Gasteiger partial charge in [0.15, 0.2) is 0 Å². The Morgan fingerprint density at radius 1 is 1.67 bits per heavy atom. The van der Waals surface area contributed by atoms with Crippen LogP contribution in [0.3, 0.4) is 0 Å². The average Bonchev–Trinajstić information content (AvgIpc) is 2.30. The first kappa shape index (κ1) is 16.9. The van der Waals surface area contributed by atoms with Crippen LogP contribution in [0.2, 0.25) is 0 Å². The van der Waals surface area contributed by atoms with Crippen LogP contribution in [0.4, 0.5) is 8.63 Å². The Balaban J connectivity index is 4.84. The molecule has 0 radical (unpaired) electrons. The van der Waals surface area contributed by atoms with Gasteiger partial charge in [-0.1, -0.05) is 13.5 Å². The highest BCUT2D eigenvalue weighted by Crippen LogP contribution is 2.26. The molecular formula is C10H20BF2N2O3-. The molecule has 0 saturated heterocycles. The number of nitrogens with zero attached hydrogens (tertiary/aromatic N) is 1. The summed E-state index contributed by atoms with van der Waals surface area (Å²) in [5, 5.41) is 8.57. The first-order chi connectivity index (χ1) is 8.21. The molecule has 1 unspecified atom stereocenters. The Morgan fingerprint density at radius 2 is 2.22 bits per heavy atom. The van der Waals surface area contributed by atoms with Gasteiger partial charge in [-0.25, -0.2) is 0 Å². The van der Waals surface area contributed by atoms with E-state index in [-0.39, 0.29) is 19.8 Å². The van der Waals surface area contributed by atoms with Crippen molar-refractivity contribution in [1.82, 2.24) is 4.81 Å². The van der Waals surface area contributed by atoms with E-state index in [2.05, 4.69) is 6.58 Å². The van der Waals surface area contributed by atoms with Gasteiger partial charge in [0.05, 0.1) is 12.0 Å². The zero-order valence-corrected chi connectivity index (χ0v) is 10.7. The van der Waals surface area contributed by atoms with Crippen LogP contribution in [0, 0.1) is 5.41 Å². The number of esters is 1. The molecule has 0 bridgehead atoms. The van der Waals surface area contributed by atoms with Gasteiger partial charge >= 0.3 is 12.9 Å². The third-order valence-electron chi connectivity index (χ3n) is 2.81. The van der Waals surface area contributed by atoms with Crippen molar-refractivity contribution in [2.24, 2.45) is 11.1 Å². The largest absolute Gasteiger partial charge is 0.489 e. The average molecular weight is 265 g/mol. The topological polar surface area (TPSA) is 75.8 Å². The molecule has 0 aromatic rings. The van der Waals surface area contributed by atoms with Crippen molar-refractivity contribution in [2.75, 3.05) is 19.8 Å². The predicted molar refractivity (Wildman–Crippen MR) is 65.5 cm³/mol. The summed E-state index contributed by atoms with van der Waals surface area (Å²) < 4.78 is 30.9. The van der Waals surface area contributed by atoms with Gasteiger partial charge in [-0.2, -0.15) is 0 Å². The van der Waals surface area contributed by atoms with Gasteiger partial charge in [0, 0.05) is 0 Å². The van der Waals surface area contributed by atoms with Gasteiger partial charge < -0.3 is 28.9 Å². The molecule has 0 spiro atoms. The Labute approximate surface area is 106 Å². The molecule has 106 valence electrons. The minimum absolute atomic E-state index is 0.160. The van der Waals surface area contributed by atoms with E-state index in [0.717, 1.165) is 6.20 Å². The molecule has 0 aromatic carbocycles. The molecule has 0 heterocycles. The fourth-order valence-electron chi connectivity index (χ4n) is 1.36. The summed E-state index contributed by atoms with van der Waals surface area (Å²) in [4.78, 5) is 12.3. The molecule has 0 fully saturated rings. The number of aliphatic hydroxyl groups is 1. The summed E-state index contributed by atoms with van der Waals surface area (Å²) in [7, 11) is 0. The standard InChI is InChI=1S/C10H20BF2N2O3/c1-4-10(3,9(17)18-7-6-16)8-15(5-2)11(12,13)14/h5,16H,2,4,6-8,14H2,1,3H3/q-1. The van der Waals surface area contributed by atoms with Crippen LogP contribution in [0.5, 0.6) is 0 Å². The van der Waals surface area contributed by atoms with Crippen molar-refractivity contribution in [3.8, 4) is 0 Å². The first-order valence-electron chi connectivity index (χ1n) is 5.69. The van der Waals surface area contributed by atoms with E-state index in [1.54, 1.807) is 6.92 Å². The highest BCUT2D eigenvalue weighted by Gasteiger charge is 2.38. The first-order valence-corrected chi connectivity index (χ1v) is 5.69. The number of rotatable bonds is 8. The van der Waals surface area contributed by atoms with E-state index < -0.39 is 18.4 Å². The van der Waals surface area contributed by atoms with Gasteiger partial charge in [0.2, 0.25) is 0 Å². The maximum atomic E-state index is 13.1. The molecule has 3 N–H and O–H groups in total. The SMILES string of the molecule is C=CN(CC(C)(CC)C(=O)OCCO)[B-](N)(F)F.